The van der Waals surface area contributed by atoms with Crippen LogP contribution in [0.2, 0.25) is 0 Å². The van der Waals surface area contributed by atoms with Gasteiger partial charge in [-0.2, -0.15) is 4.68 Å². The van der Waals surface area contributed by atoms with E-state index in [1.165, 1.54) is 0 Å². The SMILES string of the molecule is Cc1cccc2ccnc(N(C(=O)c3ccc(-n4nnc5cccnc54)cc3)[C@@H]3CCNC3)c12. The fourth-order valence-electron chi connectivity index (χ4n) is 4.69. The maximum absolute atomic E-state index is 13.9. The van der Waals surface area contributed by atoms with Crippen LogP contribution in [0.5, 0.6) is 0 Å². The summed E-state index contributed by atoms with van der Waals surface area (Å²) in [5, 5.41) is 13.9. The monoisotopic (exact) mass is 449 g/mol. The van der Waals surface area contributed by atoms with E-state index in [0.29, 0.717) is 17.0 Å². The number of rotatable bonds is 4. The normalized spacial score (nSPS) is 15.7. The van der Waals surface area contributed by atoms with Crippen molar-refractivity contribution < 1.29 is 4.79 Å². The lowest BCUT2D eigenvalue weighted by molar-refractivity contribution is 0.0977. The topological polar surface area (TPSA) is 88.8 Å². The first-order valence-electron chi connectivity index (χ1n) is 11.4. The number of aryl methyl sites for hydroxylation is 1. The summed E-state index contributed by atoms with van der Waals surface area (Å²) < 4.78 is 1.68. The van der Waals surface area contributed by atoms with Crippen molar-refractivity contribution >= 4 is 33.7 Å². The van der Waals surface area contributed by atoms with Crippen molar-refractivity contribution in [3.63, 3.8) is 0 Å². The molecule has 0 unspecified atom stereocenters. The van der Waals surface area contributed by atoms with Crippen LogP contribution in [0.25, 0.3) is 27.6 Å². The summed E-state index contributed by atoms with van der Waals surface area (Å²) in [6.45, 7) is 3.68. The molecule has 3 aromatic heterocycles. The Hall–Kier alpha value is -4.17. The van der Waals surface area contributed by atoms with Gasteiger partial charge in [0, 0.05) is 29.9 Å². The number of carbonyl (C=O) groups is 1. The number of benzene rings is 2. The molecule has 168 valence electrons. The summed E-state index contributed by atoms with van der Waals surface area (Å²) in [6.07, 6.45) is 4.38. The molecule has 1 N–H and O–H groups in total. The summed E-state index contributed by atoms with van der Waals surface area (Å²) in [5.41, 5.74) is 3.90. The fraction of sp³-hybridized carbons (Fsp3) is 0.192. The number of anilines is 1. The number of nitrogens with one attached hydrogen (secondary N) is 1. The Kier molecular flexibility index (Phi) is 5.00. The highest BCUT2D eigenvalue weighted by Crippen LogP contribution is 2.31. The molecule has 8 nitrogen and oxygen atoms in total. The minimum absolute atomic E-state index is 0.0355. The molecule has 2 aromatic carbocycles. The van der Waals surface area contributed by atoms with Crippen LogP contribution in [0, 0.1) is 6.92 Å². The third kappa shape index (κ3) is 3.39. The average Bonchev–Trinajstić information content (AvgIpc) is 3.55. The Labute approximate surface area is 196 Å². The van der Waals surface area contributed by atoms with E-state index in [0.717, 1.165) is 47.1 Å². The van der Waals surface area contributed by atoms with Gasteiger partial charge >= 0.3 is 0 Å². The minimum atomic E-state index is -0.0647. The zero-order valence-corrected chi connectivity index (χ0v) is 18.7. The van der Waals surface area contributed by atoms with Gasteiger partial charge in [-0.3, -0.25) is 9.69 Å². The molecule has 4 heterocycles. The minimum Gasteiger partial charge on any atom is -0.315 e. The average molecular weight is 450 g/mol. The second-order valence-electron chi connectivity index (χ2n) is 8.52. The largest absolute Gasteiger partial charge is 0.315 e. The molecule has 1 atom stereocenters. The molecule has 34 heavy (non-hydrogen) atoms. The first kappa shape index (κ1) is 20.4. The fourth-order valence-corrected chi connectivity index (χ4v) is 4.69. The maximum Gasteiger partial charge on any atom is 0.259 e. The van der Waals surface area contributed by atoms with Crippen LogP contribution < -0.4 is 10.2 Å². The van der Waals surface area contributed by atoms with E-state index >= 15 is 0 Å². The summed E-state index contributed by atoms with van der Waals surface area (Å²) in [5.74, 6) is 0.648. The lowest BCUT2D eigenvalue weighted by Gasteiger charge is -2.29. The Bertz CT molecular complexity index is 1500. The highest BCUT2D eigenvalue weighted by molar-refractivity contribution is 6.10. The van der Waals surface area contributed by atoms with Crippen molar-refractivity contribution in [3.05, 3.63) is 84.2 Å². The van der Waals surface area contributed by atoms with Gasteiger partial charge in [0.15, 0.2) is 5.65 Å². The third-order valence-electron chi connectivity index (χ3n) is 6.39. The highest BCUT2D eigenvalue weighted by Gasteiger charge is 2.31. The molecule has 0 bridgehead atoms. The molecule has 1 aliphatic rings. The van der Waals surface area contributed by atoms with Gasteiger partial charge in [0.1, 0.15) is 11.3 Å². The van der Waals surface area contributed by atoms with Crippen LogP contribution in [-0.2, 0) is 0 Å². The molecule has 1 aliphatic heterocycles. The molecule has 5 aromatic rings. The molecule has 1 saturated heterocycles. The van der Waals surface area contributed by atoms with Crippen LogP contribution >= 0.6 is 0 Å². The van der Waals surface area contributed by atoms with Crippen LogP contribution in [0.4, 0.5) is 5.82 Å². The first-order chi connectivity index (χ1) is 16.7. The predicted molar refractivity (Wildman–Crippen MR) is 131 cm³/mol. The van der Waals surface area contributed by atoms with E-state index in [9.17, 15) is 4.79 Å². The van der Waals surface area contributed by atoms with Crippen LogP contribution in [0.1, 0.15) is 22.3 Å². The molecule has 0 spiro atoms. The Morgan fingerprint density at radius 1 is 1.03 bits per heavy atom. The van der Waals surface area contributed by atoms with Crippen molar-refractivity contribution in [1.29, 1.82) is 0 Å². The van der Waals surface area contributed by atoms with E-state index in [-0.39, 0.29) is 11.9 Å². The quantitative estimate of drug-likeness (QED) is 0.450. The van der Waals surface area contributed by atoms with E-state index < -0.39 is 0 Å². The third-order valence-corrected chi connectivity index (χ3v) is 6.39. The molecule has 0 aliphatic carbocycles. The summed E-state index contributed by atoms with van der Waals surface area (Å²) in [4.78, 5) is 24.9. The van der Waals surface area contributed by atoms with Gasteiger partial charge in [0.05, 0.1) is 11.7 Å². The lowest BCUT2D eigenvalue weighted by atomic mass is 10.0. The van der Waals surface area contributed by atoms with Crippen LogP contribution in [0.3, 0.4) is 0 Å². The molecule has 8 heteroatoms. The number of aromatic nitrogens is 5. The summed E-state index contributed by atoms with van der Waals surface area (Å²) in [7, 11) is 0. The molecular formula is C26H23N7O. The Morgan fingerprint density at radius 2 is 1.91 bits per heavy atom. The standard InChI is InChI=1S/C26H23N7O/c1-17-4-2-5-18-11-15-29-25(23(17)18)32(21-12-14-27-16-21)26(34)19-7-9-20(10-8-19)33-24-22(30-31-33)6-3-13-28-24/h2-11,13,15,21,27H,12,14,16H2,1H3/t21-/m1/s1. The second kappa shape index (κ2) is 8.31. The molecule has 0 saturated carbocycles. The number of fused-ring (bicyclic) bond motifs is 2. The van der Waals surface area contributed by atoms with E-state index in [1.54, 1.807) is 17.1 Å². The van der Waals surface area contributed by atoms with Crippen LogP contribution in [-0.4, -0.2) is 50.0 Å². The van der Waals surface area contributed by atoms with Crippen molar-refractivity contribution in [2.75, 3.05) is 18.0 Å². The van der Waals surface area contributed by atoms with Gasteiger partial charge in [-0.05, 0) is 73.3 Å². The number of amides is 1. The van der Waals surface area contributed by atoms with E-state index in [2.05, 4.69) is 39.7 Å². The number of hydrogen-bond donors (Lipinski definition) is 1. The zero-order valence-electron chi connectivity index (χ0n) is 18.7. The van der Waals surface area contributed by atoms with Gasteiger partial charge in [-0.15, -0.1) is 5.10 Å². The molecule has 6 rings (SSSR count). The van der Waals surface area contributed by atoms with Crippen molar-refractivity contribution in [2.24, 2.45) is 0 Å². The number of carbonyl (C=O) groups excluding carboxylic acids is 1. The second-order valence-corrected chi connectivity index (χ2v) is 8.52. The number of pyridine rings is 2. The van der Waals surface area contributed by atoms with Gasteiger partial charge in [-0.1, -0.05) is 23.4 Å². The van der Waals surface area contributed by atoms with Crippen LogP contribution in [0.15, 0.2) is 73.1 Å². The molecular weight excluding hydrogens is 426 g/mol. The lowest BCUT2D eigenvalue weighted by Crippen LogP contribution is -2.42. The van der Waals surface area contributed by atoms with E-state index in [1.807, 2.05) is 53.4 Å². The summed E-state index contributed by atoms with van der Waals surface area (Å²) in [6, 6.07) is 19.3. The maximum atomic E-state index is 13.9. The van der Waals surface area contributed by atoms with Crippen molar-refractivity contribution in [3.8, 4) is 5.69 Å². The number of nitrogens with zero attached hydrogens (tertiary/aromatic N) is 6. The van der Waals surface area contributed by atoms with Gasteiger partial charge in [-0.25, -0.2) is 9.97 Å². The predicted octanol–water partition coefficient (Wildman–Crippen LogP) is 3.68. The Morgan fingerprint density at radius 3 is 2.74 bits per heavy atom. The van der Waals surface area contributed by atoms with Crippen molar-refractivity contribution in [1.82, 2.24) is 30.3 Å². The molecule has 1 fully saturated rings. The highest BCUT2D eigenvalue weighted by atomic mass is 16.2. The Balaban J connectivity index is 1.41. The molecule has 0 radical (unpaired) electrons. The van der Waals surface area contributed by atoms with Gasteiger partial charge < -0.3 is 5.32 Å². The zero-order chi connectivity index (χ0) is 23.1. The number of hydrogen-bond acceptors (Lipinski definition) is 6. The molecule has 1 amide bonds. The van der Waals surface area contributed by atoms with Gasteiger partial charge in [0.2, 0.25) is 0 Å². The van der Waals surface area contributed by atoms with E-state index in [4.69, 9.17) is 4.98 Å². The van der Waals surface area contributed by atoms with Crippen molar-refractivity contribution in [2.45, 2.75) is 19.4 Å². The smallest absolute Gasteiger partial charge is 0.259 e. The first-order valence-corrected chi connectivity index (χ1v) is 11.4. The van der Waals surface area contributed by atoms with Gasteiger partial charge in [0.25, 0.3) is 5.91 Å². The summed E-state index contributed by atoms with van der Waals surface area (Å²) >= 11 is 0.